The van der Waals surface area contributed by atoms with Gasteiger partial charge in [-0.05, 0) is 32.8 Å². The third-order valence-corrected chi connectivity index (χ3v) is 3.31. The molecule has 0 aliphatic carbocycles. The van der Waals surface area contributed by atoms with Crippen molar-refractivity contribution in [1.82, 2.24) is 15.2 Å². The minimum atomic E-state index is 1.02. The zero-order chi connectivity index (χ0) is 9.97. The Bertz CT molecular complexity index is 403. The van der Waals surface area contributed by atoms with E-state index in [4.69, 9.17) is 0 Å². The molecule has 0 spiro atoms. The molecule has 0 bridgehead atoms. The van der Waals surface area contributed by atoms with Crippen molar-refractivity contribution in [1.29, 1.82) is 0 Å². The van der Waals surface area contributed by atoms with Crippen LogP contribution in [0.25, 0.3) is 0 Å². The van der Waals surface area contributed by atoms with E-state index in [1.165, 1.54) is 16.3 Å². The number of rotatable bonds is 3. The molecule has 74 valence electrons. The molecule has 0 saturated heterocycles. The average Bonchev–Trinajstić information content (AvgIpc) is 2.72. The van der Waals surface area contributed by atoms with Crippen LogP contribution in [0.5, 0.6) is 0 Å². The molecule has 0 aliphatic rings. The summed E-state index contributed by atoms with van der Waals surface area (Å²) in [6, 6.07) is 2.02. The van der Waals surface area contributed by atoms with Crippen molar-refractivity contribution in [3.63, 3.8) is 0 Å². The molecule has 0 saturated carbocycles. The summed E-state index contributed by atoms with van der Waals surface area (Å²) in [5.74, 6) is 0. The Morgan fingerprint density at radius 3 is 2.79 bits per heavy atom. The fraction of sp³-hybridized carbons (Fsp3) is 0.400. The van der Waals surface area contributed by atoms with Gasteiger partial charge in [0.15, 0.2) is 0 Å². The van der Waals surface area contributed by atoms with Gasteiger partial charge in [-0.15, -0.1) is 11.3 Å². The first-order valence-electron chi connectivity index (χ1n) is 4.67. The molecule has 1 N–H and O–H groups in total. The number of thiazole rings is 1. The molecule has 0 amide bonds. The molecule has 0 atom stereocenters. The van der Waals surface area contributed by atoms with Gasteiger partial charge in [-0.2, -0.15) is 5.10 Å². The Labute approximate surface area is 87.2 Å². The highest BCUT2D eigenvalue weighted by Gasteiger charge is 2.04. The van der Waals surface area contributed by atoms with Crippen LogP contribution in [0.2, 0.25) is 0 Å². The summed E-state index contributed by atoms with van der Waals surface area (Å²) in [7, 11) is 0. The molecule has 0 aliphatic heterocycles. The largest absolute Gasteiger partial charge is 0.283 e. The molecule has 0 unspecified atom stereocenters. The van der Waals surface area contributed by atoms with Crippen LogP contribution in [-0.2, 0) is 12.8 Å². The van der Waals surface area contributed by atoms with Crippen LogP contribution in [0.1, 0.15) is 21.3 Å². The quantitative estimate of drug-likeness (QED) is 0.838. The molecule has 0 aromatic carbocycles. The summed E-state index contributed by atoms with van der Waals surface area (Å²) in [5.41, 5.74) is 2.36. The zero-order valence-corrected chi connectivity index (χ0v) is 9.19. The second-order valence-corrected chi connectivity index (χ2v) is 4.61. The highest BCUT2D eigenvalue weighted by atomic mass is 32.1. The summed E-state index contributed by atoms with van der Waals surface area (Å²) in [6.45, 7) is 4.13. The SMILES string of the molecule is Cc1nc(C)c(CCc2ccn[nH]2)s1. The fourth-order valence-corrected chi connectivity index (χ4v) is 2.41. The second-order valence-electron chi connectivity index (χ2n) is 3.32. The predicted molar refractivity (Wildman–Crippen MR) is 57.6 cm³/mol. The Hall–Kier alpha value is -1.16. The maximum atomic E-state index is 4.40. The van der Waals surface area contributed by atoms with Crippen LogP contribution in [0.15, 0.2) is 12.3 Å². The lowest BCUT2D eigenvalue weighted by atomic mass is 10.2. The molecule has 0 fully saturated rings. The first kappa shape index (κ1) is 9.40. The predicted octanol–water partition coefficient (Wildman–Crippen LogP) is 2.27. The van der Waals surface area contributed by atoms with Gasteiger partial charge in [0, 0.05) is 16.8 Å². The Morgan fingerprint density at radius 1 is 1.36 bits per heavy atom. The summed E-state index contributed by atoms with van der Waals surface area (Å²) in [5, 5.41) is 8.05. The summed E-state index contributed by atoms with van der Waals surface area (Å²) in [6.07, 6.45) is 3.86. The summed E-state index contributed by atoms with van der Waals surface area (Å²) < 4.78 is 0. The van der Waals surface area contributed by atoms with Gasteiger partial charge in [-0.3, -0.25) is 5.10 Å². The molecule has 2 heterocycles. The summed E-state index contributed by atoms with van der Waals surface area (Å²) in [4.78, 5) is 5.79. The number of H-pyrrole nitrogens is 1. The molecule has 4 heteroatoms. The van der Waals surface area contributed by atoms with Gasteiger partial charge in [0.2, 0.25) is 0 Å². The van der Waals surface area contributed by atoms with Crippen molar-refractivity contribution in [2.24, 2.45) is 0 Å². The Morgan fingerprint density at radius 2 is 2.21 bits per heavy atom. The van der Waals surface area contributed by atoms with E-state index < -0.39 is 0 Å². The number of hydrogen-bond donors (Lipinski definition) is 1. The van der Waals surface area contributed by atoms with E-state index in [0.29, 0.717) is 0 Å². The molecule has 2 aromatic rings. The van der Waals surface area contributed by atoms with E-state index in [0.717, 1.165) is 17.8 Å². The van der Waals surface area contributed by atoms with Crippen molar-refractivity contribution in [2.75, 3.05) is 0 Å². The number of nitrogens with one attached hydrogen (secondary N) is 1. The third kappa shape index (κ3) is 2.01. The van der Waals surface area contributed by atoms with Gasteiger partial charge in [0.25, 0.3) is 0 Å². The van der Waals surface area contributed by atoms with Crippen LogP contribution < -0.4 is 0 Å². The maximum absolute atomic E-state index is 4.40. The van der Waals surface area contributed by atoms with Crippen LogP contribution in [0, 0.1) is 13.8 Å². The molecule has 14 heavy (non-hydrogen) atoms. The van der Waals surface area contributed by atoms with Gasteiger partial charge >= 0.3 is 0 Å². The van der Waals surface area contributed by atoms with Crippen molar-refractivity contribution in [3.05, 3.63) is 33.5 Å². The smallest absolute Gasteiger partial charge is 0.0900 e. The lowest BCUT2D eigenvalue weighted by Gasteiger charge is -1.95. The number of aromatic nitrogens is 3. The van der Waals surface area contributed by atoms with Crippen molar-refractivity contribution >= 4 is 11.3 Å². The average molecular weight is 207 g/mol. The fourth-order valence-electron chi connectivity index (χ4n) is 1.48. The van der Waals surface area contributed by atoms with Crippen LogP contribution in [-0.4, -0.2) is 15.2 Å². The lowest BCUT2D eigenvalue weighted by Crippen LogP contribution is -1.91. The van der Waals surface area contributed by atoms with Gasteiger partial charge in [0.05, 0.1) is 10.7 Å². The highest BCUT2D eigenvalue weighted by Crippen LogP contribution is 2.18. The second kappa shape index (κ2) is 3.92. The lowest BCUT2D eigenvalue weighted by molar-refractivity contribution is 0.895. The first-order valence-corrected chi connectivity index (χ1v) is 5.48. The van der Waals surface area contributed by atoms with Crippen LogP contribution >= 0.6 is 11.3 Å². The minimum Gasteiger partial charge on any atom is -0.283 e. The normalized spacial score (nSPS) is 10.7. The number of aromatic amines is 1. The molecule has 2 rings (SSSR count). The van der Waals surface area contributed by atoms with E-state index in [1.807, 2.05) is 6.07 Å². The number of hydrogen-bond acceptors (Lipinski definition) is 3. The Kier molecular flexibility index (Phi) is 2.63. The summed E-state index contributed by atoms with van der Waals surface area (Å²) >= 11 is 1.79. The molecule has 2 aromatic heterocycles. The minimum absolute atomic E-state index is 1.02. The van der Waals surface area contributed by atoms with Crippen LogP contribution in [0.4, 0.5) is 0 Å². The molecular formula is C10H13N3S. The molecular weight excluding hydrogens is 194 g/mol. The van der Waals surface area contributed by atoms with Gasteiger partial charge in [-0.1, -0.05) is 0 Å². The number of nitrogens with zero attached hydrogens (tertiary/aromatic N) is 2. The Balaban J connectivity index is 2.01. The third-order valence-electron chi connectivity index (χ3n) is 2.18. The van der Waals surface area contributed by atoms with E-state index in [1.54, 1.807) is 17.5 Å². The van der Waals surface area contributed by atoms with Gasteiger partial charge in [-0.25, -0.2) is 4.98 Å². The van der Waals surface area contributed by atoms with Gasteiger partial charge in [0.1, 0.15) is 0 Å². The van der Waals surface area contributed by atoms with Gasteiger partial charge < -0.3 is 0 Å². The number of aryl methyl sites for hydroxylation is 4. The topological polar surface area (TPSA) is 41.6 Å². The standard InChI is InChI=1S/C10H13N3S/c1-7-10(14-8(2)12-7)4-3-9-5-6-11-13-9/h5-6H,3-4H2,1-2H3,(H,11,13). The van der Waals surface area contributed by atoms with E-state index in [9.17, 15) is 0 Å². The molecule has 3 nitrogen and oxygen atoms in total. The maximum Gasteiger partial charge on any atom is 0.0900 e. The van der Waals surface area contributed by atoms with E-state index in [2.05, 4.69) is 29.0 Å². The van der Waals surface area contributed by atoms with Crippen molar-refractivity contribution < 1.29 is 0 Å². The zero-order valence-electron chi connectivity index (χ0n) is 8.37. The highest BCUT2D eigenvalue weighted by molar-refractivity contribution is 7.11. The van der Waals surface area contributed by atoms with E-state index in [-0.39, 0.29) is 0 Å². The van der Waals surface area contributed by atoms with E-state index >= 15 is 0 Å². The van der Waals surface area contributed by atoms with Crippen molar-refractivity contribution in [3.8, 4) is 0 Å². The monoisotopic (exact) mass is 207 g/mol. The molecule has 0 radical (unpaired) electrons. The van der Waals surface area contributed by atoms with Crippen molar-refractivity contribution in [2.45, 2.75) is 26.7 Å². The van der Waals surface area contributed by atoms with Crippen LogP contribution in [0.3, 0.4) is 0 Å². The first-order chi connectivity index (χ1) is 6.75.